The van der Waals surface area contributed by atoms with Gasteiger partial charge in [0.15, 0.2) is 0 Å². The molecule has 0 aliphatic heterocycles. The predicted molar refractivity (Wildman–Crippen MR) is 74.8 cm³/mol. The molecule has 1 N–H and O–H groups in total. The molecule has 20 heavy (non-hydrogen) atoms. The molecule has 0 radical (unpaired) electrons. The van der Waals surface area contributed by atoms with E-state index in [9.17, 15) is 14.9 Å². The number of nitrogens with zero attached hydrogens (tertiary/aromatic N) is 2. The summed E-state index contributed by atoms with van der Waals surface area (Å²) in [6.07, 6.45) is 5.44. The molecule has 0 atom stereocenters. The molecular formula is C13H16ClN3O3. The molecule has 1 aromatic heterocycles. The van der Waals surface area contributed by atoms with Crippen molar-refractivity contribution in [2.24, 2.45) is 5.41 Å². The van der Waals surface area contributed by atoms with Crippen molar-refractivity contribution >= 4 is 23.2 Å². The van der Waals surface area contributed by atoms with Gasteiger partial charge in [-0.1, -0.05) is 24.9 Å². The molecule has 0 aromatic carbocycles. The van der Waals surface area contributed by atoms with Gasteiger partial charge in [0.25, 0.3) is 11.6 Å². The molecule has 1 saturated carbocycles. The van der Waals surface area contributed by atoms with E-state index in [0.29, 0.717) is 6.54 Å². The third kappa shape index (κ3) is 2.90. The number of nitrogens with one attached hydrogen (secondary N) is 1. The number of hydrogen-bond donors (Lipinski definition) is 1. The van der Waals surface area contributed by atoms with Gasteiger partial charge in [0, 0.05) is 12.6 Å². The van der Waals surface area contributed by atoms with Gasteiger partial charge in [-0.15, -0.1) is 0 Å². The summed E-state index contributed by atoms with van der Waals surface area (Å²) in [4.78, 5) is 25.9. The Labute approximate surface area is 121 Å². The Bertz CT molecular complexity index is 538. The monoisotopic (exact) mass is 297 g/mol. The number of halogens is 1. The fourth-order valence-electron chi connectivity index (χ4n) is 2.39. The second kappa shape index (κ2) is 5.75. The molecule has 0 spiro atoms. The van der Waals surface area contributed by atoms with E-state index in [4.69, 9.17) is 11.6 Å². The van der Waals surface area contributed by atoms with E-state index in [1.807, 2.05) is 0 Å². The fourth-order valence-corrected chi connectivity index (χ4v) is 2.58. The van der Waals surface area contributed by atoms with E-state index in [0.717, 1.165) is 31.5 Å². The fraction of sp³-hybridized carbons (Fsp3) is 0.538. The first-order valence-corrected chi connectivity index (χ1v) is 6.93. The average Bonchev–Trinajstić information content (AvgIpc) is 2.38. The Hall–Kier alpha value is -1.69. The van der Waals surface area contributed by atoms with E-state index >= 15 is 0 Å². The Balaban J connectivity index is 2.09. The maximum Gasteiger partial charge on any atom is 0.288 e. The van der Waals surface area contributed by atoms with Gasteiger partial charge in [-0.05, 0) is 24.7 Å². The second-order valence-corrected chi connectivity index (χ2v) is 5.54. The van der Waals surface area contributed by atoms with Gasteiger partial charge in [-0.3, -0.25) is 14.9 Å². The minimum atomic E-state index is -0.598. The zero-order valence-electron chi connectivity index (χ0n) is 11.2. The minimum Gasteiger partial charge on any atom is -0.351 e. The molecule has 0 bridgehead atoms. The number of nitro groups is 1. The summed E-state index contributed by atoms with van der Waals surface area (Å²) in [6, 6.07) is 1.16. The summed E-state index contributed by atoms with van der Waals surface area (Å²) in [6.45, 7) is 2.68. The lowest BCUT2D eigenvalue weighted by Crippen LogP contribution is -2.41. The average molecular weight is 298 g/mol. The lowest BCUT2D eigenvalue weighted by molar-refractivity contribution is -0.385. The molecule has 108 valence electrons. The highest BCUT2D eigenvalue weighted by atomic mass is 35.5. The molecule has 7 heteroatoms. The van der Waals surface area contributed by atoms with Gasteiger partial charge in [-0.25, -0.2) is 4.98 Å². The number of rotatable bonds is 5. The molecule has 6 nitrogen and oxygen atoms in total. The molecule has 0 unspecified atom stereocenters. The van der Waals surface area contributed by atoms with Crippen LogP contribution in [0.4, 0.5) is 5.69 Å². The van der Waals surface area contributed by atoms with Gasteiger partial charge < -0.3 is 5.32 Å². The van der Waals surface area contributed by atoms with Crippen molar-refractivity contribution in [1.82, 2.24) is 10.3 Å². The zero-order valence-corrected chi connectivity index (χ0v) is 11.9. The number of aromatic nitrogens is 1. The molecule has 1 heterocycles. The molecule has 1 aliphatic carbocycles. The predicted octanol–water partition coefficient (Wildman–Crippen LogP) is 2.95. The highest BCUT2D eigenvalue weighted by Crippen LogP contribution is 2.43. The lowest BCUT2D eigenvalue weighted by atomic mass is 9.67. The Morgan fingerprint density at radius 3 is 2.80 bits per heavy atom. The SMILES string of the molecule is CCC1(CNC(=O)c2cc([N+](=O)[O-])cnc2Cl)CCC1. The largest absolute Gasteiger partial charge is 0.351 e. The minimum absolute atomic E-state index is 0.0211. The van der Waals surface area contributed by atoms with E-state index in [1.165, 1.54) is 6.42 Å². The molecular weight excluding hydrogens is 282 g/mol. The van der Waals surface area contributed by atoms with Crippen LogP contribution in [0.15, 0.2) is 12.3 Å². The maximum absolute atomic E-state index is 12.1. The second-order valence-electron chi connectivity index (χ2n) is 5.18. The van der Waals surface area contributed by atoms with E-state index < -0.39 is 10.8 Å². The van der Waals surface area contributed by atoms with Gasteiger partial charge in [0.05, 0.1) is 10.5 Å². The van der Waals surface area contributed by atoms with Crippen LogP contribution in [0.3, 0.4) is 0 Å². The van der Waals surface area contributed by atoms with Crippen molar-refractivity contribution in [3.63, 3.8) is 0 Å². The third-order valence-corrected chi connectivity index (χ3v) is 4.37. The zero-order chi connectivity index (χ0) is 14.8. The Morgan fingerprint density at radius 2 is 2.30 bits per heavy atom. The number of pyridine rings is 1. The topological polar surface area (TPSA) is 85.1 Å². The standard InChI is InChI=1S/C13H16ClN3O3/c1-2-13(4-3-5-13)8-16-12(18)10-6-9(17(19)20)7-15-11(10)14/h6-7H,2-5,8H2,1H3,(H,16,18). The van der Waals surface area contributed by atoms with Crippen LogP contribution in [0.25, 0.3) is 0 Å². The molecule has 0 saturated heterocycles. The van der Waals surface area contributed by atoms with E-state index in [2.05, 4.69) is 17.2 Å². The Morgan fingerprint density at radius 1 is 1.60 bits per heavy atom. The normalized spacial score (nSPS) is 16.3. The van der Waals surface area contributed by atoms with Crippen molar-refractivity contribution in [3.8, 4) is 0 Å². The van der Waals surface area contributed by atoms with E-state index in [1.54, 1.807) is 0 Å². The highest BCUT2D eigenvalue weighted by molar-refractivity contribution is 6.32. The maximum atomic E-state index is 12.1. The van der Waals surface area contributed by atoms with Gasteiger partial charge in [0.2, 0.25) is 0 Å². The number of carbonyl (C=O) groups is 1. The van der Waals surface area contributed by atoms with Crippen LogP contribution in [-0.4, -0.2) is 22.4 Å². The number of carbonyl (C=O) groups excluding carboxylic acids is 1. The Kier molecular flexibility index (Phi) is 4.23. The first-order chi connectivity index (χ1) is 9.47. The van der Waals surface area contributed by atoms with Crippen LogP contribution in [0.2, 0.25) is 5.15 Å². The molecule has 1 aliphatic rings. The lowest BCUT2D eigenvalue weighted by Gasteiger charge is -2.41. The van der Waals surface area contributed by atoms with Crippen LogP contribution < -0.4 is 5.32 Å². The van der Waals surface area contributed by atoms with Crippen molar-refractivity contribution in [1.29, 1.82) is 0 Å². The van der Waals surface area contributed by atoms with Gasteiger partial charge in [0.1, 0.15) is 11.3 Å². The van der Waals surface area contributed by atoms with Crippen molar-refractivity contribution in [2.45, 2.75) is 32.6 Å². The quantitative estimate of drug-likeness (QED) is 0.514. The summed E-state index contributed by atoms with van der Waals surface area (Å²) in [5.74, 6) is -0.411. The molecule has 1 amide bonds. The van der Waals surface area contributed by atoms with Crippen LogP contribution in [0, 0.1) is 15.5 Å². The van der Waals surface area contributed by atoms with Crippen molar-refractivity contribution in [3.05, 3.63) is 33.1 Å². The third-order valence-electron chi connectivity index (χ3n) is 4.07. The summed E-state index contributed by atoms with van der Waals surface area (Å²) >= 11 is 5.83. The highest BCUT2D eigenvalue weighted by Gasteiger charge is 2.35. The van der Waals surface area contributed by atoms with Crippen LogP contribution in [0.5, 0.6) is 0 Å². The summed E-state index contributed by atoms with van der Waals surface area (Å²) in [7, 11) is 0. The first kappa shape index (κ1) is 14.7. The van der Waals surface area contributed by atoms with Crippen LogP contribution in [0.1, 0.15) is 43.0 Å². The van der Waals surface area contributed by atoms with E-state index in [-0.39, 0.29) is 21.8 Å². The molecule has 1 fully saturated rings. The summed E-state index contributed by atoms with van der Waals surface area (Å²) < 4.78 is 0. The van der Waals surface area contributed by atoms with Gasteiger partial charge in [-0.2, -0.15) is 0 Å². The number of amides is 1. The van der Waals surface area contributed by atoms with Crippen LogP contribution in [-0.2, 0) is 0 Å². The summed E-state index contributed by atoms with van der Waals surface area (Å²) in [5.41, 5.74) is -0.0177. The summed E-state index contributed by atoms with van der Waals surface area (Å²) in [5, 5.41) is 13.5. The smallest absolute Gasteiger partial charge is 0.288 e. The van der Waals surface area contributed by atoms with Crippen LogP contribution >= 0.6 is 11.6 Å². The van der Waals surface area contributed by atoms with Crippen molar-refractivity contribution in [2.75, 3.05) is 6.54 Å². The molecule has 2 rings (SSSR count). The van der Waals surface area contributed by atoms with Gasteiger partial charge >= 0.3 is 0 Å². The van der Waals surface area contributed by atoms with Crippen molar-refractivity contribution < 1.29 is 9.72 Å². The molecule has 1 aromatic rings. The first-order valence-electron chi connectivity index (χ1n) is 6.55. The number of hydrogen-bond acceptors (Lipinski definition) is 4.